The maximum absolute atomic E-state index is 12.9. The molecule has 5 N–H and O–H groups in total. The van der Waals surface area contributed by atoms with Gasteiger partial charge in [-0.3, -0.25) is 15.6 Å². The van der Waals surface area contributed by atoms with Crippen LogP contribution in [0.4, 0.5) is 4.39 Å². The molecule has 222 valence electrons. The van der Waals surface area contributed by atoms with Gasteiger partial charge in [-0.25, -0.2) is 9.40 Å². The zero-order chi connectivity index (χ0) is 30.5. The first-order chi connectivity index (χ1) is 19.8. The van der Waals surface area contributed by atoms with Crippen LogP contribution in [-0.4, -0.2) is 63.7 Å². The van der Waals surface area contributed by atoms with Gasteiger partial charge in [0.1, 0.15) is 18.4 Å². The van der Waals surface area contributed by atoms with Crippen molar-refractivity contribution in [1.82, 2.24) is 15.8 Å². The van der Waals surface area contributed by atoms with Gasteiger partial charge >= 0.3 is 0 Å². The quantitative estimate of drug-likeness (QED) is 0.0963. The third-order valence-corrected chi connectivity index (χ3v) is 6.64. The summed E-state index contributed by atoms with van der Waals surface area (Å²) in [6.45, 7) is 4.52. The fourth-order valence-corrected chi connectivity index (χ4v) is 4.54. The van der Waals surface area contributed by atoms with E-state index in [0.717, 1.165) is 43.3 Å². The molecule has 0 fully saturated rings. The first-order valence-corrected chi connectivity index (χ1v) is 13.9. The normalized spacial score (nSPS) is 10.9. The molecule has 3 aromatic rings. The van der Waals surface area contributed by atoms with Crippen LogP contribution in [-0.2, 0) is 20.9 Å². The molecule has 0 bridgehead atoms. The molecule has 0 saturated carbocycles. The second-order valence-corrected chi connectivity index (χ2v) is 10.00. The van der Waals surface area contributed by atoms with E-state index in [1.54, 1.807) is 48.8 Å². The Balaban J connectivity index is 0.000000374. The maximum Gasteiger partial charge on any atom is 0.251 e. The molecule has 9 nitrogen and oxygen atoms in total. The summed E-state index contributed by atoms with van der Waals surface area (Å²) in [6.07, 6.45) is 3.83. The second kappa shape index (κ2) is 21.0. The van der Waals surface area contributed by atoms with Crippen LogP contribution in [0.25, 0.3) is 11.1 Å². The molecule has 1 amide bonds. The highest BCUT2D eigenvalue weighted by molar-refractivity contribution is 7.10. The Hall–Kier alpha value is -3.77. The van der Waals surface area contributed by atoms with Gasteiger partial charge in [-0.05, 0) is 71.7 Å². The Morgan fingerprint density at radius 2 is 1.85 bits per heavy atom. The molecule has 1 unspecified atom stereocenters. The van der Waals surface area contributed by atoms with Crippen molar-refractivity contribution in [2.45, 2.75) is 26.3 Å². The summed E-state index contributed by atoms with van der Waals surface area (Å²) in [5.41, 5.74) is 11.2. The average Bonchev–Trinajstić information content (AvgIpc) is 3.40. The van der Waals surface area contributed by atoms with Gasteiger partial charge in [-0.2, -0.15) is 0 Å². The number of methoxy groups -OCH3 is 1. The van der Waals surface area contributed by atoms with Crippen molar-refractivity contribution in [2.24, 2.45) is 11.7 Å². The van der Waals surface area contributed by atoms with E-state index in [1.165, 1.54) is 22.6 Å². The predicted molar refractivity (Wildman–Crippen MR) is 162 cm³/mol. The van der Waals surface area contributed by atoms with Crippen LogP contribution in [0.1, 0.15) is 33.6 Å². The van der Waals surface area contributed by atoms with Gasteiger partial charge in [-0.1, -0.05) is 24.3 Å². The number of nitrogens with zero attached hydrogens (tertiary/aromatic N) is 1. The van der Waals surface area contributed by atoms with E-state index >= 15 is 0 Å². The highest BCUT2D eigenvalue weighted by Crippen LogP contribution is 2.20. The molecule has 1 aromatic heterocycles. The molecule has 0 aliphatic carbocycles. The summed E-state index contributed by atoms with van der Waals surface area (Å²) in [5.74, 6) is -0.225. The number of hydrazine groups is 1. The minimum atomic E-state index is -0.309. The maximum atomic E-state index is 12.9. The fraction of sp³-hybridized carbons (Fsp3) is 0.333. The van der Waals surface area contributed by atoms with Crippen molar-refractivity contribution in [3.63, 3.8) is 0 Å². The summed E-state index contributed by atoms with van der Waals surface area (Å²) in [5, 5.41) is 12.6. The van der Waals surface area contributed by atoms with Crippen molar-refractivity contribution in [2.75, 3.05) is 33.9 Å². The summed E-state index contributed by atoms with van der Waals surface area (Å²) < 4.78 is 18.1. The number of benzene rings is 2. The summed E-state index contributed by atoms with van der Waals surface area (Å²) in [7, 11) is 3.74. The molecule has 0 aliphatic heterocycles. The number of aldehydes is 2. The molecule has 41 heavy (non-hydrogen) atoms. The number of halogens is 1. The Bertz CT molecular complexity index is 1190. The average molecular weight is 586 g/mol. The van der Waals surface area contributed by atoms with Gasteiger partial charge in [0.15, 0.2) is 0 Å². The Labute approximate surface area is 245 Å². The van der Waals surface area contributed by atoms with Crippen LogP contribution in [0, 0.1) is 24.1 Å². The Morgan fingerprint density at radius 1 is 1.15 bits per heavy atom. The number of rotatable bonds is 14. The van der Waals surface area contributed by atoms with Crippen molar-refractivity contribution in [1.29, 1.82) is 5.41 Å². The fourth-order valence-electron chi connectivity index (χ4n) is 3.73. The van der Waals surface area contributed by atoms with Crippen LogP contribution in [0.15, 0.2) is 60.0 Å². The highest BCUT2D eigenvalue weighted by atomic mass is 32.1. The number of nitrogens with two attached hydrogens (primary N) is 1. The molecule has 1 heterocycles. The molecule has 3 rings (SSSR count). The largest absolute Gasteiger partial charge is 0.390 e. The van der Waals surface area contributed by atoms with Crippen molar-refractivity contribution in [3.8, 4) is 11.1 Å². The van der Waals surface area contributed by atoms with Crippen molar-refractivity contribution in [3.05, 3.63) is 81.8 Å². The van der Waals surface area contributed by atoms with Crippen LogP contribution < -0.4 is 16.5 Å². The zero-order valence-electron chi connectivity index (χ0n) is 23.8. The number of hydrogen-bond donors (Lipinski definition) is 4. The van der Waals surface area contributed by atoms with Gasteiger partial charge in [-0.15, -0.1) is 11.3 Å². The zero-order valence-corrected chi connectivity index (χ0v) is 24.6. The third-order valence-electron chi connectivity index (χ3n) is 5.58. The summed E-state index contributed by atoms with van der Waals surface area (Å²) >= 11 is 1.77. The summed E-state index contributed by atoms with van der Waals surface area (Å²) in [4.78, 5) is 33.7. The lowest BCUT2D eigenvalue weighted by Gasteiger charge is -2.23. The molecule has 0 saturated heterocycles. The van der Waals surface area contributed by atoms with Crippen LogP contribution >= 0.6 is 11.3 Å². The van der Waals surface area contributed by atoms with Crippen LogP contribution in [0.5, 0.6) is 0 Å². The minimum Gasteiger partial charge on any atom is -0.390 e. The van der Waals surface area contributed by atoms with Crippen molar-refractivity contribution >= 4 is 36.2 Å². The monoisotopic (exact) mass is 585 g/mol. The van der Waals surface area contributed by atoms with E-state index in [1.807, 2.05) is 13.1 Å². The predicted octanol–water partition coefficient (Wildman–Crippen LogP) is 4.21. The second-order valence-electron chi connectivity index (χ2n) is 9.00. The van der Waals surface area contributed by atoms with E-state index in [9.17, 15) is 18.8 Å². The smallest absolute Gasteiger partial charge is 0.251 e. The van der Waals surface area contributed by atoms with Crippen LogP contribution in [0.3, 0.4) is 0 Å². The minimum absolute atomic E-state index is 0.0143. The lowest BCUT2D eigenvalue weighted by molar-refractivity contribution is -0.108. The van der Waals surface area contributed by atoms with Gasteiger partial charge in [0.05, 0.1) is 19.5 Å². The molecule has 11 heteroatoms. The molecular weight excluding hydrogens is 545 g/mol. The lowest BCUT2D eigenvalue weighted by atomic mass is 10.0. The molecule has 2 aromatic carbocycles. The first kappa shape index (κ1) is 35.3. The van der Waals surface area contributed by atoms with Crippen molar-refractivity contribution < 1.29 is 23.5 Å². The number of ether oxygens (including phenoxy) is 1. The number of thiophene rings is 1. The van der Waals surface area contributed by atoms with E-state index in [-0.39, 0.29) is 18.3 Å². The Kier molecular flexibility index (Phi) is 18.1. The number of amides is 1. The number of carbonyl (C=O) groups is 3. The van der Waals surface area contributed by atoms with Crippen LogP contribution in [0.2, 0.25) is 0 Å². The summed E-state index contributed by atoms with van der Waals surface area (Å²) in [6, 6.07) is 15.2. The van der Waals surface area contributed by atoms with E-state index in [2.05, 4.69) is 39.9 Å². The van der Waals surface area contributed by atoms with Gasteiger partial charge in [0.2, 0.25) is 0 Å². The number of carbonyl (C=O) groups excluding carboxylic acids is 3. The molecular formula is C30H40FN5O4S. The van der Waals surface area contributed by atoms with Gasteiger partial charge in [0, 0.05) is 44.1 Å². The molecule has 1 atom stereocenters. The van der Waals surface area contributed by atoms with Gasteiger partial charge < -0.3 is 25.4 Å². The number of hydrogen-bond acceptors (Lipinski definition) is 8. The Morgan fingerprint density at radius 3 is 2.44 bits per heavy atom. The molecule has 0 radical (unpaired) electrons. The number of aryl methyl sites for hydroxylation is 1. The standard InChI is InChI=1S/C15H12FNO2.C14H24N2O2S.CH4N2/c16-14-6-4-11(5-7-14)12-2-1-3-13(10-12)15(19)17-8-9-18;1-12-7-14(19-11-12)8-15-16(2)9-13(10-18-3)5-4-6-17;2-1-3/h1-7,9-10H,8H2,(H,17,19);6-7,11,13,15H,4-5,8-10H2,1-3H3;1H,(H3,2,3). The van der Waals surface area contributed by atoms with E-state index < -0.39 is 0 Å². The SMILES string of the molecule is COCC(CCC=O)CN(C)NCc1cc(C)cs1.N=CN.O=CCNC(=O)c1cccc(-c2ccc(F)cc2)c1. The highest BCUT2D eigenvalue weighted by Gasteiger charge is 2.11. The van der Waals surface area contributed by atoms with E-state index in [0.29, 0.717) is 30.8 Å². The number of nitrogens with one attached hydrogen (secondary N) is 3. The third kappa shape index (κ3) is 15.0. The first-order valence-electron chi connectivity index (χ1n) is 13.0. The van der Waals surface area contributed by atoms with E-state index in [4.69, 9.17) is 10.1 Å². The topological polar surface area (TPSA) is 138 Å². The lowest BCUT2D eigenvalue weighted by Crippen LogP contribution is -2.38. The van der Waals surface area contributed by atoms with Gasteiger partial charge in [0.25, 0.3) is 5.91 Å². The molecule has 0 aliphatic rings. The molecule has 0 spiro atoms.